The molecular weight excluding hydrogens is 559 g/mol. The summed E-state index contributed by atoms with van der Waals surface area (Å²) in [5.41, 5.74) is 1.84. The van der Waals surface area contributed by atoms with E-state index in [9.17, 15) is 18.8 Å². The molecule has 0 aliphatic rings. The first kappa shape index (κ1) is 30.1. The highest BCUT2D eigenvalue weighted by Crippen LogP contribution is 2.21. The van der Waals surface area contributed by atoms with Crippen molar-refractivity contribution in [3.8, 4) is 11.6 Å². The number of halogens is 1. The minimum Gasteiger partial charge on any atom is -0.461 e. The maximum absolute atomic E-state index is 11.8. The topological polar surface area (TPSA) is 142 Å². The SMILES string of the molecule is CCOC(=O)c1c[nH]c2cc(=O)ccn12.CCOC(=O)c1cnc2cc(Oc3ccccn3)ccn12.Fc1ccccn1. The lowest BCUT2D eigenvalue weighted by Crippen LogP contribution is -2.09. The molecule has 0 fully saturated rings. The summed E-state index contributed by atoms with van der Waals surface area (Å²) in [4.78, 5) is 48.7. The summed E-state index contributed by atoms with van der Waals surface area (Å²) in [5.74, 6) is -0.139. The zero-order valence-corrected chi connectivity index (χ0v) is 23.2. The van der Waals surface area contributed by atoms with Crippen molar-refractivity contribution in [2.75, 3.05) is 13.2 Å². The molecule has 0 aliphatic heterocycles. The first-order chi connectivity index (χ1) is 20.9. The van der Waals surface area contributed by atoms with Gasteiger partial charge in [-0.1, -0.05) is 12.1 Å². The molecule has 0 radical (unpaired) electrons. The predicted octanol–water partition coefficient (Wildman–Crippen LogP) is 4.72. The van der Waals surface area contributed by atoms with Gasteiger partial charge in [-0.2, -0.15) is 4.39 Å². The summed E-state index contributed by atoms with van der Waals surface area (Å²) >= 11 is 0. The molecule has 1 N–H and O–H groups in total. The molecule has 6 heterocycles. The number of pyridine rings is 4. The van der Waals surface area contributed by atoms with Crippen molar-refractivity contribution in [2.24, 2.45) is 0 Å². The van der Waals surface area contributed by atoms with Crippen LogP contribution in [0.25, 0.3) is 11.3 Å². The minimum atomic E-state index is -0.428. The Morgan fingerprint density at radius 3 is 2.16 bits per heavy atom. The number of aromatic nitrogens is 6. The lowest BCUT2D eigenvalue weighted by atomic mass is 10.4. The zero-order valence-electron chi connectivity index (χ0n) is 23.2. The first-order valence-electron chi connectivity index (χ1n) is 13.1. The Bertz CT molecular complexity index is 1850. The lowest BCUT2D eigenvalue weighted by molar-refractivity contribution is 0.0508. The van der Waals surface area contributed by atoms with Gasteiger partial charge in [0.05, 0.1) is 19.4 Å². The van der Waals surface area contributed by atoms with E-state index in [0.29, 0.717) is 47.5 Å². The van der Waals surface area contributed by atoms with Crippen molar-refractivity contribution in [3.63, 3.8) is 0 Å². The van der Waals surface area contributed by atoms with Crippen LogP contribution in [-0.2, 0) is 9.47 Å². The quantitative estimate of drug-likeness (QED) is 0.217. The van der Waals surface area contributed by atoms with Crippen LogP contribution in [-0.4, -0.2) is 53.9 Å². The van der Waals surface area contributed by atoms with Crippen LogP contribution in [0, 0.1) is 5.95 Å². The highest BCUT2D eigenvalue weighted by Gasteiger charge is 2.14. The van der Waals surface area contributed by atoms with E-state index in [-0.39, 0.29) is 5.43 Å². The fourth-order valence-corrected chi connectivity index (χ4v) is 3.63. The van der Waals surface area contributed by atoms with Crippen molar-refractivity contribution in [2.45, 2.75) is 13.8 Å². The van der Waals surface area contributed by atoms with Crippen LogP contribution in [0.5, 0.6) is 11.6 Å². The van der Waals surface area contributed by atoms with Crippen LogP contribution in [0.4, 0.5) is 4.39 Å². The van der Waals surface area contributed by atoms with Gasteiger partial charge in [-0.05, 0) is 38.1 Å². The maximum atomic E-state index is 11.8. The number of nitrogens with one attached hydrogen (secondary N) is 1. The van der Waals surface area contributed by atoms with E-state index < -0.39 is 17.9 Å². The molecule has 0 amide bonds. The number of rotatable bonds is 6. The van der Waals surface area contributed by atoms with Gasteiger partial charge in [-0.3, -0.25) is 13.6 Å². The molecule has 0 bridgehead atoms. The molecule has 6 aromatic heterocycles. The number of carbonyl (C=O) groups excluding carboxylic acids is 2. The molecule has 12 nitrogen and oxygen atoms in total. The van der Waals surface area contributed by atoms with Gasteiger partial charge in [-0.25, -0.2) is 24.5 Å². The number of aromatic amines is 1. The molecule has 43 heavy (non-hydrogen) atoms. The number of carbonyl (C=O) groups is 2. The normalized spacial score (nSPS) is 10.2. The third kappa shape index (κ3) is 8.10. The molecule has 220 valence electrons. The average molecular weight is 587 g/mol. The second kappa shape index (κ2) is 14.7. The summed E-state index contributed by atoms with van der Waals surface area (Å²) in [7, 11) is 0. The predicted molar refractivity (Wildman–Crippen MR) is 154 cm³/mol. The average Bonchev–Trinajstić information content (AvgIpc) is 3.63. The first-order valence-corrected chi connectivity index (χ1v) is 13.1. The molecular formula is C30H27FN6O6. The van der Waals surface area contributed by atoms with Gasteiger partial charge in [0.1, 0.15) is 22.7 Å². The van der Waals surface area contributed by atoms with Gasteiger partial charge < -0.3 is 19.2 Å². The van der Waals surface area contributed by atoms with E-state index in [1.807, 2.05) is 12.1 Å². The molecule has 6 rings (SSSR count). The minimum absolute atomic E-state index is 0.104. The Labute approximate surface area is 244 Å². The second-order valence-electron chi connectivity index (χ2n) is 8.39. The Balaban J connectivity index is 0.000000167. The van der Waals surface area contributed by atoms with Crippen molar-refractivity contribution in [1.82, 2.24) is 28.7 Å². The summed E-state index contributed by atoms with van der Waals surface area (Å²) in [6.45, 7) is 4.16. The van der Waals surface area contributed by atoms with E-state index in [0.717, 1.165) is 0 Å². The number of H-pyrrole nitrogens is 1. The molecule has 0 aliphatic carbocycles. The highest BCUT2D eigenvalue weighted by atomic mass is 19.1. The van der Waals surface area contributed by atoms with Crippen LogP contribution in [0.3, 0.4) is 0 Å². The molecule has 0 spiro atoms. The highest BCUT2D eigenvalue weighted by molar-refractivity contribution is 5.89. The van der Waals surface area contributed by atoms with Crippen molar-refractivity contribution < 1.29 is 28.2 Å². The lowest BCUT2D eigenvalue weighted by Gasteiger charge is -2.05. The van der Waals surface area contributed by atoms with Crippen LogP contribution < -0.4 is 10.2 Å². The van der Waals surface area contributed by atoms with Gasteiger partial charge in [0, 0.05) is 55.2 Å². The van der Waals surface area contributed by atoms with Crippen molar-refractivity contribution in [1.29, 1.82) is 0 Å². The number of hydrogen-bond donors (Lipinski definition) is 1. The third-order valence-corrected chi connectivity index (χ3v) is 5.49. The zero-order chi connectivity index (χ0) is 30.6. The molecule has 0 atom stereocenters. The fraction of sp³-hybridized carbons (Fsp3) is 0.133. The van der Waals surface area contributed by atoms with Crippen LogP contribution in [0.2, 0.25) is 0 Å². The van der Waals surface area contributed by atoms with Crippen LogP contribution >= 0.6 is 0 Å². The molecule has 0 saturated carbocycles. The van der Waals surface area contributed by atoms with E-state index in [1.54, 1.807) is 71.6 Å². The van der Waals surface area contributed by atoms with E-state index in [4.69, 9.17) is 14.2 Å². The monoisotopic (exact) mass is 586 g/mol. The number of imidazole rings is 2. The summed E-state index contributed by atoms with van der Waals surface area (Å²) < 4.78 is 30.5. The van der Waals surface area contributed by atoms with Gasteiger partial charge in [-0.15, -0.1) is 0 Å². The molecule has 6 aromatic rings. The number of fused-ring (bicyclic) bond motifs is 2. The summed E-state index contributed by atoms with van der Waals surface area (Å²) in [6.07, 6.45) is 9.33. The van der Waals surface area contributed by atoms with E-state index in [2.05, 4.69) is 19.9 Å². The van der Waals surface area contributed by atoms with Crippen LogP contribution in [0.15, 0.2) is 103 Å². The van der Waals surface area contributed by atoms with E-state index in [1.165, 1.54) is 36.8 Å². The summed E-state index contributed by atoms with van der Waals surface area (Å²) in [5, 5.41) is 0. The number of nitrogens with zero attached hydrogens (tertiary/aromatic N) is 5. The second-order valence-corrected chi connectivity index (χ2v) is 8.39. The standard InChI is InChI=1S/C15H13N3O3.C10H10N2O3.C5H4FN/c1-2-20-15(19)12-10-17-13-9-11(6-8-18(12)13)21-14-5-3-4-7-16-14;1-2-15-10(14)8-6-11-9-5-7(13)3-4-12(8)9;6-5-3-1-2-4-7-5/h3-10H,2H2,1H3;3-6,11H,2H2,1H3;1-4H. The molecule has 0 saturated heterocycles. The number of ether oxygens (including phenoxy) is 3. The summed E-state index contributed by atoms with van der Waals surface area (Å²) in [6, 6.07) is 16.3. The fourth-order valence-electron chi connectivity index (χ4n) is 3.63. The number of esters is 2. The van der Waals surface area contributed by atoms with Crippen LogP contribution in [0.1, 0.15) is 34.8 Å². The van der Waals surface area contributed by atoms with Crippen molar-refractivity contribution in [3.05, 3.63) is 125 Å². The third-order valence-electron chi connectivity index (χ3n) is 5.49. The Hall–Kier alpha value is -5.85. The largest absolute Gasteiger partial charge is 0.461 e. The Morgan fingerprint density at radius 1 is 0.837 bits per heavy atom. The number of hydrogen-bond acceptors (Lipinski definition) is 9. The Kier molecular flexibility index (Phi) is 10.3. The molecule has 13 heteroatoms. The molecule has 0 aromatic carbocycles. The smallest absolute Gasteiger partial charge is 0.356 e. The van der Waals surface area contributed by atoms with Gasteiger partial charge in [0.15, 0.2) is 11.1 Å². The van der Waals surface area contributed by atoms with Gasteiger partial charge in [0.25, 0.3) is 0 Å². The maximum Gasteiger partial charge on any atom is 0.356 e. The van der Waals surface area contributed by atoms with Crippen molar-refractivity contribution >= 4 is 23.2 Å². The Morgan fingerprint density at radius 2 is 1.53 bits per heavy atom. The van der Waals surface area contributed by atoms with Gasteiger partial charge >= 0.3 is 11.9 Å². The van der Waals surface area contributed by atoms with Gasteiger partial charge in [0.2, 0.25) is 11.8 Å². The van der Waals surface area contributed by atoms with E-state index >= 15 is 0 Å². The molecule has 0 unspecified atom stereocenters.